The van der Waals surface area contributed by atoms with Crippen LogP contribution in [0.25, 0.3) is 0 Å². The third-order valence-corrected chi connectivity index (χ3v) is 6.78. The molecule has 0 bridgehead atoms. The van der Waals surface area contributed by atoms with E-state index in [1.807, 2.05) is 18.9 Å². The van der Waals surface area contributed by atoms with Crippen LogP contribution in [0.3, 0.4) is 0 Å². The van der Waals surface area contributed by atoms with Crippen molar-refractivity contribution >= 4 is 39.3 Å². The van der Waals surface area contributed by atoms with E-state index in [9.17, 15) is 13.2 Å². The standard InChI is InChI=1S/C21H31N7O3S/c1-13-6-7-14(17(22)29)10-16(13)24-19-25-18(23-15-8-9-32(30,31)11-15)26-20(27-19)28(5)12-21(2,3)4/h6-7,10,15H,8-9,11-12H2,1-5H3,(H2,22,29)(H2,23,24,25,26,27). The van der Waals surface area contributed by atoms with Crippen LogP contribution in [0.2, 0.25) is 0 Å². The number of nitrogens with zero attached hydrogens (tertiary/aromatic N) is 4. The third kappa shape index (κ3) is 6.28. The van der Waals surface area contributed by atoms with Crippen molar-refractivity contribution in [2.75, 3.05) is 40.6 Å². The highest BCUT2D eigenvalue weighted by Gasteiger charge is 2.29. The molecule has 174 valence electrons. The van der Waals surface area contributed by atoms with Crippen LogP contribution >= 0.6 is 0 Å². The molecule has 1 atom stereocenters. The molecule has 2 heterocycles. The molecule has 0 radical (unpaired) electrons. The Hall–Kier alpha value is -2.95. The van der Waals surface area contributed by atoms with Gasteiger partial charge in [-0.3, -0.25) is 4.79 Å². The van der Waals surface area contributed by atoms with Gasteiger partial charge in [-0.2, -0.15) is 15.0 Å². The number of sulfone groups is 1. The lowest BCUT2D eigenvalue weighted by Gasteiger charge is -2.27. The fourth-order valence-electron chi connectivity index (χ4n) is 3.56. The normalized spacial score (nSPS) is 17.7. The first-order chi connectivity index (χ1) is 14.8. The van der Waals surface area contributed by atoms with Crippen molar-refractivity contribution < 1.29 is 13.2 Å². The minimum absolute atomic E-state index is 0.00843. The van der Waals surface area contributed by atoms with Crippen molar-refractivity contribution in [3.05, 3.63) is 29.3 Å². The first kappa shape index (κ1) is 23.7. The Morgan fingerprint density at radius 2 is 1.91 bits per heavy atom. The van der Waals surface area contributed by atoms with E-state index < -0.39 is 15.7 Å². The van der Waals surface area contributed by atoms with Gasteiger partial charge in [0, 0.05) is 30.9 Å². The Kier molecular flexibility index (Phi) is 6.59. The van der Waals surface area contributed by atoms with Gasteiger partial charge in [0.2, 0.25) is 23.8 Å². The fourth-order valence-corrected chi connectivity index (χ4v) is 5.23. The number of carbonyl (C=O) groups is 1. The SMILES string of the molecule is Cc1ccc(C(N)=O)cc1Nc1nc(NC2CCS(=O)(=O)C2)nc(N(C)CC(C)(C)C)n1. The summed E-state index contributed by atoms with van der Waals surface area (Å²) in [6.45, 7) is 8.94. The number of rotatable bonds is 7. The Balaban J connectivity index is 1.94. The summed E-state index contributed by atoms with van der Waals surface area (Å²) < 4.78 is 23.7. The second-order valence-corrected chi connectivity index (χ2v) is 11.7. The molecule has 4 N–H and O–H groups in total. The van der Waals surface area contributed by atoms with Crippen molar-refractivity contribution in [2.24, 2.45) is 11.1 Å². The van der Waals surface area contributed by atoms with Crippen molar-refractivity contribution in [3.63, 3.8) is 0 Å². The monoisotopic (exact) mass is 461 g/mol. The number of hydrogen-bond acceptors (Lipinski definition) is 9. The average Bonchev–Trinajstić information content (AvgIpc) is 3.00. The number of nitrogens with one attached hydrogen (secondary N) is 2. The molecule has 10 nitrogen and oxygen atoms in total. The maximum absolute atomic E-state index is 11.8. The van der Waals surface area contributed by atoms with E-state index in [0.717, 1.165) is 5.56 Å². The minimum Gasteiger partial charge on any atom is -0.366 e. The van der Waals surface area contributed by atoms with Crippen molar-refractivity contribution in [1.29, 1.82) is 0 Å². The van der Waals surface area contributed by atoms with Gasteiger partial charge in [-0.15, -0.1) is 0 Å². The van der Waals surface area contributed by atoms with Gasteiger partial charge in [0.1, 0.15) is 0 Å². The quantitative estimate of drug-likeness (QED) is 0.564. The average molecular weight is 462 g/mol. The van der Waals surface area contributed by atoms with Crippen LogP contribution in [0.1, 0.15) is 43.1 Å². The van der Waals surface area contributed by atoms with Gasteiger partial charge in [0.15, 0.2) is 9.84 Å². The molecule has 0 aliphatic carbocycles. The van der Waals surface area contributed by atoms with E-state index in [4.69, 9.17) is 5.73 Å². The fraction of sp³-hybridized carbons (Fsp3) is 0.524. The van der Waals surface area contributed by atoms with Gasteiger partial charge in [-0.05, 0) is 36.5 Å². The molecule has 0 saturated carbocycles. The van der Waals surface area contributed by atoms with Crippen LogP contribution < -0.4 is 21.3 Å². The van der Waals surface area contributed by atoms with E-state index in [0.29, 0.717) is 36.1 Å². The van der Waals surface area contributed by atoms with Crippen LogP contribution in [0, 0.1) is 12.3 Å². The van der Waals surface area contributed by atoms with Crippen LogP contribution in [0.4, 0.5) is 23.5 Å². The van der Waals surface area contributed by atoms with E-state index in [2.05, 4.69) is 46.4 Å². The van der Waals surface area contributed by atoms with Gasteiger partial charge < -0.3 is 21.3 Å². The van der Waals surface area contributed by atoms with Gasteiger partial charge >= 0.3 is 0 Å². The van der Waals surface area contributed by atoms with Gasteiger partial charge in [-0.1, -0.05) is 26.8 Å². The zero-order valence-corrected chi connectivity index (χ0v) is 20.0. The summed E-state index contributed by atoms with van der Waals surface area (Å²) in [6.07, 6.45) is 0.504. The van der Waals surface area contributed by atoms with Crippen molar-refractivity contribution in [1.82, 2.24) is 15.0 Å². The van der Waals surface area contributed by atoms with Crippen molar-refractivity contribution in [3.8, 4) is 0 Å². The third-order valence-electron chi connectivity index (χ3n) is 5.01. The molecular formula is C21H31N7O3S. The molecule has 2 aromatic rings. The molecule has 1 fully saturated rings. The maximum atomic E-state index is 11.8. The molecule has 32 heavy (non-hydrogen) atoms. The largest absolute Gasteiger partial charge is 0.366 e. The number of primary amides is 1. The molecule has 1 aliphatic heterocycles. The second kappa shape index (κ2) is 8.89. The molecule has 1 aromatic carbocycles. The topological polar surface area (TPSA) is 143 Å². The number of aromatic nitrogens is 3. The lowest BCUT2D eigenvalue weighted by Crippen LogP contribution is -2.31. The number of benzene rings is 1. The van der Waals surface area contributed by atoms with E-state index in [1.165, 1.54) is 0 Å². The Bertz CT molecular complexity index is 1110. The first-order valence-corrected chi connectivity index (χ1v) is 12.3. The number of hydrogen-bond donors (Lipinski definition) is 3. The highest BCUT2D eigenvalue weighted by Crippen LogP contribution is 2.24. The highest BCUT2D eigenvalue weighted by atomic mass is 32.2. The molecule has 1 amide bonds. The number of aryl methyl sites for hydroxylation is 1. The number of anilines is 4. The first-order valence-electron chi connectivity index (χ1n) is 10.4. The summed E-state index contributed by atoms with van der Waals surface area (Å²) in [7, 11) is -1.15. The Labute approximate surface area is 189 Å². The van der Waals surface area contributed by atoms with Crippen LogP contribution in [-0.4, -0.2) is 60.4 Å². The van der Waals surface area contributed by atoms with Gasteiger partial charge in [0.05, 0.1) is 11.5 Å². The summed E-state index contributed by atoms with van der Waals surface area (Å²) in [4.78, 5) is 27.0. The lowest BCUT2D eigenvalue weighted by molar-refractivity contribution is 0.100. The van der Waals surface area contributed by atoms with E-state index in [-0.39, 0.29) is 28.9 Å². The number of amides is 1. The summed E-state index contributed by atoms with van der Waals surface area (Å²) >= 11 is 0. The lowest BCUT2D eigenvalue weighted by atomic mass is 9.96. The number of nitrogens with two attached hydrogens (primary N) is 1. The second-order valence-electron chi connectivity index (χ2n) is 9.46. The van der Waals surface area contributed by atoms with E-state index >= 15 is 0 Å². The molecule has 0 spiro atoms. The van der Waals surface area contributed by atoms with Gasteiger partial charge in [-0.25, -0.2) is 8.42 Å². The minimum atomic E-state index is -3.05. The molecule has 3 rings (SSSR count). The zero-order valence-electron chi connectivity index (χ0n) is 19.1. The van der Waals surface area contributed by atoms with Crippen LogP contribution in [0.15, 0.2) is 18.2 Å². The Morgan fingerprint density at radius 1 is 1.22 bits per heavy atom. The van der Waals surface area contributed by atoms with Gasteiger partial charge in [0.25, 0.3) is 0 Å². The molecule has 1 unspecified atom stereocenters. The van der Waals surface area contributed by atoms with Crippen LogP contribution in [-0.2, 0) is 9.84 Å². The Morgan fingerprint density at radius 3 is 2.50 bits per heavy atom. The van der Waals surface area contributed by atoms with Crippen LogP contribution in [0.5, 0.6) is 0 Å². The summed E-state index contributed by atoms with van der Waals surface area (Å²) in [5.41, 5.74) is 7.32. The van der Waals surface area contributed by atoms with E-state index in [1.54, 1.807) is 18.2 Å². The smallest absolute Gasteiger partial charge is 0.248 e. The molecule has 1 aliphatic rings. The number of carbonyl (C=O) groups excluding carboxylic acids is 1. The summed E-state index contributed by atoms with van der Waals surface area (Å²) in [6, 6.07) is 4.85. The predicted octanol–water partition coefficient (Wildman–Crippen LogP) is 2.10. The molecule has 11 heteroatoms. The molecular weight excluding hydrogens is 430 g/mol. The van der Waals surface area contributed by atoms with Crippen molar-refractivity contribution in [2.45, 2.75) is 40.2 Å². The zero-order chi connectivity index (χ0) is 23.7. The summed E-state index contributed by atoms with van der Waals surface area (Å²) in [5.74, 6) is 0.696. The molecule has 1 saturated heterocycles. The molecule has 1 aromatic heterocycles. The predicted molar refractivity (Wildman–Crippen MR) is 126 cm³/mol. The summed E-state index contributed by atoms with van der Waals surface area (Å²) in [5, 5.41) is 6.30. The highest BCUT2D eigenvalue weighted by molar-refractivity contribution is 7.91. The maximum Gasteiger partial charge on any atom is 0.248 e.